The molecule has 2 aliphatic carbocycles. The minimum absolute atomic E-state index is 0.0200. The number of nitrogens with one attached hydrogen (secondary N) is 2. The van der Waals surface area contributed by atoms with Crippen molar-refractivity contribution in [3.8, 4) is 17.3 Å². The van der Waals surface area contributed by atoms with E-state index in [0.717, 1.165) is 40.9 Å². The fourth-order valence-electron chi connectivity index (χ4n) is 5.40. The van der Waals surface area contributed by atoms with Crippen LogP contribution in [0, 0.1) is 23.2 Å². The highest BCUT2D eigenvalue weighted by atomic mass is 16.4. The summed E-state index contributed by atoms with van der Waals surface area (Å²) in [5.41, 5.74) is 3.91. The molecule has 164 valence electrons. The number of aromatic amines is 1. The van der Waals surface area contributed by atoms with Crippen molar-refractivity contribution >= 4 is 17.7 Å². The van der Waals surface area contributed by atoms with Crippen LogP contribution in [-0.2, 0) is 16.6 Å². The summed E-state index contributed by atoms with van der Waals surface area (Å²) >= 11 is 0. The van der Waals surface area contributed by atoms with Crippen LogP contribution in [-0.4, -0.2) is 32.2 Å². The second kappa shape index (κ2) is 7.71. The molecule has 33 heavy (non-hydrogen) atoms. The Morgan fingerprint density at radius 3 is 2.73 bits per heavy atom. The van der Waals surface area contributed by atoms with Crippen molar-refractivity contribution in [3.05, 3.63) is 77.1 Å². The van der Waals surface area contributed by atoms with Crippen LogP contribution < -0.4 is 5.32 Å². The molecule has 0 bridgehead atoms. The molecular formula is C25H21N5O3. The van der Waals surface area contributed by atoms with E-state index in [1.165, 1.54) is 0 Å². The van der Waals surface area contributed by atoms with Gasteiger partial charge in [0, 0.05) is 23.2 Å². The maximum absolute atomic E-state index is 12.9. The Morgan fingerprint density at radius 2 is 2.06 bits per heavy atom. The number of nitrogens with zero attached hydrogens (tertiary/aromatic N) is 3. The number of amides is 1. The van der Waals surface area contributed by atoms with Gasteiger partial charge in [0.25, 0.3) is 0 Å². The first-order valence-electron chi connectivity index (χ1n) is 10.7. The van der Waals surface area contributed by atoms with Crippen molar-refractivity contribution < 1.29 is 14.7 Å². The van der Waals surface area contributed by atoms with Crippen molar-refractivity contribution in [1.82, 2.24) is 15.2 Å². The summed E-state index contributed by atoms with van der Waals surface area (Å²) in [6.07, 6.45) is 3.73. The fourth-order valence-corrected chi connectivity index (χ4v) is 5.40. The highest BCUT2D eigenvalue weighted by Crippen LogP contribution is 2.54. The number of allylic oxidation sites excluding steroid dienone is 2. The monoisotopic (exact) mass is 439 g/mol. The third-order valence-corrected chi connectivity index (χ3v) is 6.86. The van der Waals surface area contributed by atoms with Crippen LogP contribution >= 0.6 is 0 Å². The van der Waals surface area contributed by atoms with E-state index in [4.69, 9.17) is 10.2 Å². The Balaban J connectivity index is 1.69. The molecule has 1 amide bonds. The topological polar surface area (TPSA) is 132 Å². The Labute approximate surface area is 190 Å². The fraction of sp³-hybridized carbons (Fsp3) is 0.240. The zero-order valence-corrected chi connectivity index (χ0v) is 17.9. The van der Waals surface area contributed by atoms with Gasteiger partial charge in [0.15, 0.2) is 5.78 Å². The molecule has 2 heterocycles. The van der Waals surface area contributed by atoms with E-state index < -0.39 is 11.5 Å². The summed E-state index contributed by atoms with van der Waals surface area (Å²) in [5.74, 6) is -0.199. The molecule has 0 fully saturated rings. The number of rotatable bonds is 3. The number of anilines is 1. The summed E-state index contributed by atoms with van der Waals surface area (Å²) in [7, 11) is 0. The Hall–Kier alpha value is -4.25. The number of carbonyl (C=O) groups is 2. The second-order valence-corrected chi connectivity index (χ2v) is 8.49. The predicted octanol–water partition coefficient (Wildman–Crippen LogP) is 4.08. The summed E-state index contributed by atoms with van der Waals surface area (Å²) in [6, 6.07) is 15.4. The van der Waals surface area contributed by atoms with Gasteiger partial charge in [-0.15, -0.1) is 0 Å². The number of carbonyl (C=O) groups excluding carboxylic acids is 1. The zero-order chi connectivity index (χ0) is 23.2. The van der Waals surface area contributed by atoms with E-state index in [9.17, 15) is 14.9 Å². The maximum atomic E-state index is 12.9. The van der Waals surface area contributed by atoms with E-state index in [1.807, 2.05) is 43.3 Å². The molecule has 0 spiro atoms. The Kier molecular flexibility index (Phi) is 4.82. The number of nitriles is 1. The molecule has 2 aliphatic rings. The number of carboxylic acid groups (broad SMARTS) is 1. The molecule has 2 aromatic heterocycles. The van der Waals surface area contributed by atoms with Crippen molar-refractivity contribution in [1.29, 1.82) is 5.26 Å². The number of ketones is 1. The number of hydrogen-bond donors (Lipinski definition) is 3. The van der Waals surface area contributed by atoms with Gasteiger partial charge in [0.1, 0.15) is 11.9 Å². The first kappa shape index (κ1) is 20.6. The van der Waals surface area contributed by atoms with Gasteiger partial charge in [0.2, 0.25) is 0 Å². The van der Waals surface area contributed by atoms with E-state index in [2.05, 4.69) is 21.5 Å². The summed E-state index contributed by atoms with van der Waals surface area (Å²) < 4.78 is 0. The number of pyridine rings is 1. The molecule has 0 saturated carbocycles. The zero-order valence-electron chi connectivity index (χ0n) is 17.9. The van der Waals surface area contributed by atoms with E-state index in [1.54, 1.807) is 18.3 Å². The standard InChI is InChI=1S/C25H21N5O3/c1-14-19-9-8-18-21(15-7-10-20(27-13-15)28-24(32)33)29-30-23(18)25(19,11-16(12-26)22(14)31)17-5-3-2-4-6-17/h2-7,10-11,13-14,19H,8-9H2,1H3,(H,27,28)(H,29,30)(H,32,33)/t14-,19-,25+/m0/s1. The Morgan fingerprint density at radius 1 is 1.27 bits per heavy atom. The molecule has 0 radical (unpaired) electrons. The molecule has 8 heteroatoms. The normalized spacial score (nSPS) is 23.6. The molecule has 3 aromatic rings. The predicted molar refractivity (Wildman–Crippen MR) is 120 cm³/mol. The summed E-state index contributed by atoms with van der Waals surface area (Å²) in [5, 5.41) is 28.7. The van der Waals surface area contributed by atoms with Gasteiger partial charge in [0.05, 0.1) is 22.4 Å². The first-order chi connectivity index (χ1) is 16.0. The molecule has 0 saturated heterocycles. The highest BCUT2D eigenvalue weighted by molar-refractivity contribution is 6.02. The Bertz CT molecular complexity index is 1320. The smallest absolute Gasteiger partial charge is 0.410 e. The molecule has 1 aromatic carbocycles. The van der Waals surface area contributed by atoms with E-state index in [-0.39, 0.29) is 29.0 Å². The van der Waals surface area contributed by atoms with Crippen LogP contribution in [0.3, 0.4) is 0 Å². The average Bonchev–Trinajstić information content (AvgIpc) is 3.27. The lowest BCUT2D eigenvalue weighted by atomic mass is 9.54. The first-order valence-corrected chi connectivity index (χ1v) is 10.7. The van der Waals surface area contributed by atoms with Gasteiger partial charge in [-0.05, 0) is 42.5 Å². The highest BCUT2D eigenvalue weighted by Gasteiger charge is 2.53. The minimum Gasteiger partial charge on any atom is -0.465 e. The van der Waals surface area contributed by atoms with Gasteiger partial charge >= 0.3 is 6.09 Å². The van der Waals surface area contributed by atoms with Gasteiger partial charge in [-0.25, -0.2) is 9.78 Å². The molecule has 3 N–H and O–H groups in total. The van der Waals surface area contributed by atoms with Crippen molar-refractivity contribution in [2.24, 2.45) is 11.8 Å². The minimum atomic E-state index is -1.17. The van der Waals surface area contributed by atoms with Crippen molar-refractivity contribution in [2.75, 3.05) is 5.32 Å². The number of Topliss-reactive ketones (excluding diaryl/α,β-unsaturated/α-hetero) is 1. The number of H-pyrrole nitrogens is 1. The van der Waals surface area contributed by atoms with Gasteiger partial charge in [-0.3, -0.25) is 15.2 Å². The maximum Gasteiger partial charge on any atom is 0.410 e. The largest absolute Gasteiger partial charge is 0.465 e. The van der Waals surface area contributed by atoms with E-state index in [0.29, 0.717) is 0 Å². The SMILES string of the molecule is C[C@@H]1C(=O)C(C#N)=C[C@]2(c3ccccc3)c3n[nH]c(-c4ccc(NC(=O)O)nc4)c3CC[C@@H]12. The molecule has 5 rings (SSSR count). The number of fused-ring (bicyclic) bond motifs is 3. The lowest BCUT2D eigenvalue weighted by Crippen LogP contribution is -2.48. The van der Waals surface area contributed by atoms with Crippen LogP contribution in [0.5, 0.6) is 0 Å². The number of benzene rings is 1. The number of aromatic nitrogens is 3. The van der Waals surface area contributed by atoms with Crippen LogP contribution in [0.4, 0.5) is 10.6 Å². The van der Waals surface area contributed by atoms with Crippen LogP contribution in [0.1, 0.15) is 30.2 Å². The molecule has 8 nitrogen and oxygen atoms in total. The second-order valence-electron chi connectivity index (χ2n) is 8.49. The van der Waals surface area contributed by atoms with Crippen molar-refractivity contribution in [3.63, 3.8) is 0 Å². The molecular weight excluding hydrogens is 418 g/mol. The van der Waals surface area contributed by atoms with Crippen LogP contribution in [0.15, 0.2) is 60.3 Å². The lowest BCUT2D eigenvalue weighted by Gasteiger charge is -2.47. The molecule has 3 atom stereocenters. The van der Waals surface area contributed by atoms with Crippen LogP contribution in [0.2, 0.25) is 0 Å². The van der Waals surface area contributed by atoms with Gasteiger partial charge in [-0.1, -0.05) is 37.3 Å². The summed E-state index contributed by atoms with van der Waals surface area (Å²) in [6.45, 7) is 1.91. The quantitative estimate of drug-likeness (QED) is 0.563. The average molecular weight is 439 g/mol. The molecule has 0 unspecified atom stereocenters. The third kappa shape index (κ3) is 3.12. The third-order valence-electron chi connectivity index (χ3n) is 6.86. The lowest BCUT2D eigenvalue weighted by molar-refractivity contribution is -0.121. The van der Waals surface area contributed by atoms with Crippen molar-refractivity contribution in [2.45, 2.75) is 25.2 Å². The molecule has 0 aliphatic heterocycles. The van der Waals surface area contributed by atoms with E-state index >= 15 is 0 Å². The summed E-state index contributed by atoms with van der Waals surface area (Å²) in [4.78, 5) is 27.9. The number of hydrogen-bond acceptors (Lipinski definition) is 5. The van der Waals surface area contributed by atoms with Gasteiger partial charge < -0.3 is 5.11 Å². The van der Waals surface area contributed by atoms with Crippen LogP contribution in [0.25, 0.3) is 11.3 Å². The van der Waals surface area contributed by atoms with Gasteiger partial charge in [-0.2, -0.15) is 10.4 Å².